The van der Waals surface area contributed by atoms with Gasteiger partial charge in [0.1, 0.15) is 0 Å². The molecule has 4 rings (SSSR count). The molecule has 4 heterocycles. The van der Waals surface area contributed by atoms with Gasteiger partial charge in [-0.05, 0) is 38.8 Å². The van der Waals surface area contributed by atoms with Crippen molar-refractivity contribution in [3.63, 3.8) is 0 Å². The van der Waals surface area contributed by atoms with Crippen molar-refractivity contribution in [3.05, 3.63) is 41.5 Å². The zero-order chi connectivity index (χ0) is 16.7. The van der Waals surface area contributed by atoms with E-state index in [4.69, 9.17) is 4.52 Å². The molecule has 0 bridgehead atoms. The van der Waals surface area contributed by atoms with Crippen LogP contribution >= 0.6 is 0 Å². The molecular weight excluding hydrogens is 306 g/mol. The summed E-state index contributed by atoms with van der Waals surface area (Å²) in [5.74, 6) is 0.00801. The van der Waals surface area contributed by atoms with E-state index in [2.05, 4.69) is 15.2 Å². The SMILES string of the molecule is Cc1cc(C(=O)N2CCCC(n3cccn3)C2)c2c(C)noc2n1. The average molecular weight is 325 g/mol. The number of aryl methyl sites for hydroxylation is 2. The van der Waals surface area contributed by atoms with Crippen molar-refractivity contribution in [3.8, 4) is 0 Å². The molecular formula is C17H19N5O2. The third-order valence-electron chi connectivity index (χ3n) is 4.56. The van der Waals surface area contributed by atoms with Crippen LogP contribution in [0.15, 0.2) is 29.0 Å². The zero-order valence-electron chi connectivity index (χ0n) is 13.8. The molecule has 1 saturated heterocycles. The normalized spacial score (nSPS) is 18.2. The summed E-state index contributed by atoms with van der Waals surface area (Å²) in [6.45, 7) is 5.11. The molecule has 0 aliphatic carbocycles. The number of likely N-dealkylation sites (tertiary alicyclic amines) is 1. The van der Waals surface area contributed by atoms with E-state index in [-0.39, 0.29) is 11.9 Å². The molecule has 1 unspecified atom stereocenters. The number of amides is 1. The van der Waals surface area contributed by atoms with E-state index in [9.17, 15) is 4.79 Å². The Bertz CT molecular complexity index is 884. The lowest BCUT2D eigenvalue weighted by Gasteiger charge is -2.33. The van der Waals surface area contributed by atoms with Gasteiger partial charge in [-0.2, -0.15) is 5.10 Å². The summed E-state index contributed by atoms with van der Waals surface area (Å²) in [6.07, 6.45) is 5.73. The highest BCUT2D eigenvalue weighted by molar-refractivity contribution is 6.06. The Morgan fingerprint density at radius 2 is 2.25 bits per heavy atom. The summed E-state index contributed by atoms with van der Waals surface area (Å²) >= 11 is 0. The van der Waals surface area contributed by atoms with Gasteiger partial charge in [-0.15, -0.1) is 0 Å². The number of hydrogen-bond acceptors (Lipinski definition) is 5. The van der Waals surface area contributed by atoms with E-state index in [1.54, 1.807) is 6.20 Å². The van der Waals surface area contributed by atoms with Gasteiger partial charge in [0.25, 0.3) is 11.6 Å². The zero-order valence-corrected chi connectivity index (χ0v) is 13.8. The van der Waals surface area contributed by atoms with Crippen molar-refractivity contribution in [1.29, 1.82) is 0 Å². The van der Waals surface area contributed by atoms with Crippen LogP contribution in [0.1, 0.15) is 40.6 Å². The van der Waals surface area contributed by atoms with Gasteiger partial charge in [0.2, 0.25) is 0 Å². The molecule has 7 heteroatoms. The largest absolute Gasteiger partial charge is 0.336 e. The second-order valence-electron chi connectivity index (χ2n) is 6.29. The van der Waals surface area contributed by atoms with Gasteiger partial charge in [0.15, 0.2) is 0 Å². The van der Waals surface area contributed by atoms with E-state index in [1.165, 1.54) is 0 Å². The molecule has 0 radical (unpaired) electrons. The highest BCUT2D eigenvalue weighted by atomic mass is 16.5. The number of carbonyl (C=O) groups excluding carboxylic acids is 1. The fourth-order valence-corrected chi connectivity index (χ4v) is 3.41. The first-order valence-corrected chi connectivity index (χ1v) is 8.15. The van der Waals surface area contributed by atoms with Crippen LogP contribution < -0.4 is 0 Å². The minimum absolute atomic E-state index is 0.00801. The van der Waals surface area contributed by atoms with E-state index in [0.29, 0.717) is 28.9 Å². The Morgan fingerprint density at radius 3 is 3.04 bits per heavy atom. The van der Waals surface area contributed by atoms with Crippen LogP contribution in [-0.4, -0.2) is 43.8 Å². The molecule has 7 nitrogen and oxygen atoms in total. The van der Waals surface area contributed by atoms with Crippen LogP contribution in [-0.2, 0) is 0 Å². The van der Waals surface area contributed by atoms with Gasteiger partial charge in [0.05, 0.1) is 22.7 Å². The number of fused-ring (bicyclic) bond motifs is 1. The van der Waals surface area contributed by atoms with Crippen LogP contribution in [0.5, 0.6) is 0 Å². The molecule has 0 spiro atoms. The lowest BCUT2D eigenvalue weighted by molar-refractivity contribution is 0.0674. The lowest BCUT2D eigenvalue weighted by Crippen LogP contribution is -2.41. The number of aromatic nitrogens is 4. The Hall–Kier alpha value is -2.70. The molecule has 1 atom stereocenters. The fraction of sp³-hybridized carbons (Fsp3) is 0.412. The van der Waals surface area contributed by atoms with E-state index in [1.807, 2.05) is 41.8 Å². The number of hydrogen-bond donors (Lipinski definition) is 0. The molecule has 124 valence electrons. The third-order valence-corrected chi connectivity index (χ3v) is 4.56. The minimum Gasteiger partial charge on any atom is -0.336 e. The molecule has 1 aliphatic rings. The van der Waals surface area contributed by atoms with E-state index >= 15 is 0 Å². The average Bonchev–Trinajstić information content (AvgIpc) is 3.24. The predicted octanol–water partition coefficient (Wildman–Crippen LogP) is 2.51. The van der Waals surface area contributed by atoms with Crippen LogP contribution in [0.4, 0.5) is 0 Å². The quantitative estimate of drug-likeness (QED) is 0.723. The van der Waals surface area contributed by atoms with Gasteiger partial charge in [-0.1, -0.05) is 5.16 Å². The summed E-state index contributed by atoms with van der Waals surface area (Å²) in [6, 6.07) is 3.96. The smallest absolute Gasteiger partial charge is 0.258 e. The Morgan fingerprint density at radius 1 is 1.38 bits per heavy atom. The number of piperidine rings is 1. The maximum absolute atomic E-state index is 13.1. The van der Waals surface area contributed by atoms with Crippen molar-refractivity contribution in [2.24, 2.45) is 0 Å². The first kappa shape index (κ1) is 14.9. The van der Waals surface area contributed by atoms with Crippen molar-refractivity contribution >= 4 is 17.0 Å². The molecule has 0 aromatic carbocycles. The summed E-state index contributed by atoms with van der Waals surface area (Å²) in [5, 5.41) is 8.99. The monoisotopic (exact) mass is 325 g/mol. The third kappa shape index (κ3) is 2.46. The summed E-state index contributed by atoms with van der Waals surface area (Å²) < 4.78 is 7.18. The first-order valence-electron chi connectivity index (χ1n) is 8.15. The van der Waals surface area contributed by atoms with Crippen molar-refractivity contribution in [1.82, 2.24) is 24.8 Å². The highest BCUT2D eigenvalue weighted by Gasteiger charge is 2.28. The van der Waals surface area contributed by atoms with Crippen LogP contribution in [0, 0.1) is 13.8 Å². The molecule has 1 fully saturated rings. The molecule has 1 amide bonds. The second kappa shape index (κ2) is 5.74. The number of nitrogens with zero attached hydrogens (tertiary/aromatic N) is 5. The number of pyridine rings is 1. The standard InChI is InChI=1S/C17H19N5O2/c1-11-9-14(15-12(2)20-24-16(15)19-11)17(23)21-7-3-5-13(10-21)22-8-4-6-18-22/h4,6,8-9,13H,3,5,7,10H2,1-2H3. The molecule has 3 aromatic rings. The lowest BCUT2D eigenvalue weighted by atomic mass is 10.0. The Labute approximate surface area is 139 Å². The molecule has 24 heavy (non-hydrogen) atoms. The maximum atomic E-state index is 13.1. The first-order chi connectivity index (χ1) is 11.6. The summed E-state index contributed by atoms with van der Waals surface area (Å²) in [4.78, 5) is 19.4. The van der Waals surface area contributed by atoms with E-state index < -0.39 is 0 Å². The topological polar surface area (TPSA) is 77.0 Å². The highest BCUT2D eigenvalue weighted by Crippen LogP contribution is 2.26. The van der Waals surface area contributed by atoms with Crippen LogP contribution in [0.3, 0.4) is 0 Å². The minimum atomic E-state index is 0.00801. The van der Waals surface area contributed by atoms with Crippen LogP contribution in [0.25, 0.3) is 11.1 Å². The second-order valence-corrected chi connectivity index (χ2v) is 6.29. The van der Waals surface area contributed by atoms with Gasteiger partial charge in [-0.25, -0.2) is 4.98 Å². The molecule has 1 aliphatic heterocycles. The van der Waals surface area contributed by atoms with Gasteiger partial charge < -0.3 is 9.42 Å². The Kier molecular flexibility index (Phi) is 3.55. The van der Waals surface area contributed by atoms with Crippen molar-refractivity contribution in [2.75, 3.05) is 13.1 Å². The van der Waals surface area contributed by atoms with Crippen LogP contribution in [0.2, 0.25) is 0 Å². The van der Waals surface area contributed by atoms with Crippen molar-refractivity contribution < 1.29 is 9.32 Å². The fourth-order valence-electron chi connectivity index (χ4n) is 3.41. The number of carbonyl (C=O) groups is 1. The number of rotatable bonds is 2. The molecule has 0 saturated carbocycles. The predicted molar refractivity (Wildman–Crippen MR) is 87.7 cm³/mol. The molecule has 0 N–H and O–H groups in total. The maximum Gasteiger partial charge on any atom is 0.258 e. The Balaban J connectivity index is 1.67. The van der Waals surface area contributed by atoms with E-state index in [0.717, 1.165) is 25.1 Å². The van der Waals surface area contributed by atoms with Crippen molar-refractivity contribution in [2.45, 2.75) is 32.7 Å². The summed E-state index contributed by atoms with van der Waals surface area (Å²) in [7, 11) is 0. The van der Waals surface area contributed by atoms with Gasteiger partial charge in [0, 0.05) is 31.2 Å². The van der Waals surface area contributed by atoms with Gasteiger partial charge in [-0.3, -0.25) is 9.48 Å². The molecule has 3 aromatic heterocycles. The van der Waals surface area contributed by atoms with Gasteiger partial charge >= 0.3 is 0 Å². The summed E-state index contributed by atoms with van der Waals surface area (Å²) in [5.41, 5.74) is 2.50.